The van der Waals surface area contributed by atoms with Crippen LogP contribution in [-0.4, -0.2) is 81.8 Å². The first kappa shape index (κ1) is 26.6. The highest BCUT2D eigenvalue weighted by molar-refractivity contribution is 7.13. The monoisotopic (exact) mass is 583 g/mol. The molecule has 2 amide bonds. The van der Waals surface area contributed by atoms with Crippen LogP contribution in [0, 0.1) is 0 Å². The number of piperazine rings is 1. The first-order chi connectivity index (χ1) is 19.3. The molecule has 0 atom stereocenters. The van der Waals surface area contributed by atoms with Crippen LogP contribution in [0.5, 0.6) is 0 Å². The quantitative estimate of drug-likeness (QED) is 0.322. The molecule has 6 rings (SSSR count). The zero-order chi connectivity index (χ0) is 27.9. The second kappa shape index (κ2) is 10.8. The van der Waals surface area contributed by atoms with E-state index in [0.29, 0.717) is 53.0 Å². The number of hydrogen-bond acceptors (Lipinski definition) is 7. The first-order valence-corrected chi connectivity index (χ1v) is 14.5. The Morgan fingerprint density at radius 1 is 0.875 bits per heavy atom. The Labute approximate surface area is 236 Å². The van der Waals surface area contributed by atoms with Crippen molar-refractivity contribution in [2.45, 2.75) is 12.2 Å². The summed E-state index contributed by atoms with van der Waals surface area (Å²) in [6.07, 6.45) is -2.77. The molecule has 2 saturated heterocycles. The number of rotatable bonds is 5. The number of halogens is 3. The van der Waals surface area contributed by atoms with Gasteiger partial charge in [-0.25, -0.2) is 9.97 Å². The van der Waals surface area contributed by atoms with Gasteiger partial charge in [0.2, 0.25) is 0 Å². The van der Waals surface area contributed by atoms with Gasteiger partial charge in [-0.2, -0.15) is 13.2 Å². The van der Waals surface area contributed by atoms with Gasteiger partial charge < -0.3 is 9.80 Å². The summed E-state index contributed by atoms with van der Waals surface area (Å²) < 4.78 is 39.2. The van der Waals surface area contributed by atoms with Gasteiger partial charge in [-0.1, -0.05) is 24.3 Å². The van der Waals surface area contributed by atoms with Crippen LogP contribution < -0.4 is 0 Å². The fraction of sp³-hybridized carbons (Fsp3) is 0.286. The molecule has 4 aromatic rings. The highest BCUT2D eigenvalue weighted by Gasteiger charge is 2.37. The molecule has 40 heavy (non-hydrogen) atoms. The predicted molar refractivity (Wildman–Crippen MR) is 147 cm³/mol. The second-order valence-corrected chi connectivity index (χ2v) is 11.5. The molecule has 2 fully saturated rings. The fourth-order valence-electron chi connectivity index (χ4n) is 4.94. The minimum atomic E-state index is -4.41. The summed E-state index contributed by atoms with van der Waals surface area (Å²) in [5.74, 6) is -0.0580. The summed E-state index contributed by atoms with van der Waals surface area (Å²) in [7, 11) is 0. The number of aromatic nitrogens is 2. The second-order valence-electron chi connectivity index (χ2n) is 9.72. The normalized spacial score (nSPS) is 16.7. The molecule has 0 bridgehead atoms. The molecule has 0 spiro atoms. The summed E-state index contributed by atoms with van der Waals surface area (Å²) in [5.41, 5.74) is 1.55. The zero-order valence-electron chi connectivity index (χ0n) is 21.2. The molecule has 2 aliphatic rings. The minimum absolute atomic E-state index is 0.0202. The lowest BCUT2D eigenvalue weighted by Crippen LogP contribution is -2.64. The van der Waals surface area contributed by atoms with Crippen molar-refractivity contribution in [1.82, 2.24) is 24.7 Å². The average Bonchev–Trinajstić information content (AvgIpc) is 3.65. The van der Waals surface area contributed by atoms with Crippen molar-refractivity contribution in [2.24, 2.45) is 0 Å². The average molecular weight is 584 g/mol. The lowest BCUT2D eigenvalue weighted by molar-refractivity contribution is -0.137. The van der Waals surface area contributed by atoms with Gasteiger partial charge >= 0.3 is 6.18 Å². The zero-order valence-corrected chi connectivity index (χ0v) is 22.8. The molecule has 206 valence electrons. The van der Waals surface area contributed by atoms with Gasteiger partial charge in [-0.3, -0.25) is 14.5 Å². The van der Waals surface area contributed by atoms with Crippen molar-refractivity contribution < 1.29 is 22.8 Å². The van der Waals surface area contributed by atoms with Crippen molar-refractivity contribution in [3.05, 3.63) is 81.6 Å². The van der Waals surface area contributed by atoms with E-state index in [1.165, 1.54) is 28.7 Å². The lowest BCUT2D eigenvalue weighted by Gasteiger charge is -2.48. The summed E-state index contributed by atoms with van der Waals surface area (Å²) in [6.45, 7) is 4.14. The lowest BCUT2D eigenvalue weighted by atomic mass is 10.0. The van der Waals surface area contributed by atoms with Gasteiger partial charge in [0.05, 0.1) is 11.3 Å². The van der Waals surface area contributed by atoms with Gasteiger partial charge in [0.25, 0.3) is 11.8 Å². The number of hydrogen-bond donors (Lipinski definition) is 0. The van der Waals surface area contributed by atoms with Crippen LogP contribution in [-0.2, 0) is 6.18 Å². The Kier molecular flexibility index (Phi) is 7.15. The maximum atomic E-state index is 13.1. The molecule has 4 heterocycles. The van der Waals surface area contributed by atoms with Crippen molar-refractivity contribution in [1.29, 1.82) is 0 Å². The summed E-state index contributed by atoms with van der Waals surface area (Å²) >= 11 is 2.70. The van der Waals surface area contributed by atoms with E-state index < -0.39 is 11.7 Å². The minimum Gasteiger partial charge on any atom is -0.335 e. The molecule has 0 radical (unpaired) electrons. The van der Waals surface area contributed by atoms with Crippen LogP contribution in [0.15, 0.2) is 65.5 Å². The molecule has 12 heteroatoms. The van der Waals surface area contributed by atoms with E-state index in [0.717, 1.165) is 30.8 Å². The van der Waals surface area contributed by atoms with Crippen LogP contribution in [0.2, 0.25) is 0 Å². The van der Waals surface area contributed by atoms with E-state index in [9.17, 15) is 22.8 Å². The fourth-order valence-corrected chi connectivity index (χ4v) is 6.38. The van der Waals surface area contributed by atoms with Crippen molar-refractivity contribution in [3.8, 4) is 21.8 Å². The number of amides is 2. The van der Waals surface area contributed by atoms with Crippen LogP contribution in [0.1, 0.15) is 25.7 Å². The Hall–Kier alpha value is -3.61. The third-order valence-corrected chi connectivity index (χ3v) is 8.90. The SMILES string of the molecule is O=C(c1ccc(-c2nc(-c3cccc(C(F)(F)F)c3)cs2)cc1)N1CC(N2CCN(C(=O)c3nccs3)CC2)C1. The van der Waals surface area contributed by atoms with E-state index in [1.54, 1.807) is 35.2 Å². The number of carbonyl (C=O) groups is 2. The van der Waals surface area contributed by atoms with Gasteiger partial charge in [0, 0.05) is 79.0 Å². The Morgan fingerprint density at radius 2 is 1.62 bits per heavy atom. The number of alkyl halides is 3. The number of carbonyl (C=O) groups excluding carboxylic acids is 2. The van der Waals surface area contributed by atoms with E-state index in [-0.39, 0.29) is 17.9 Å². The molecule has 0 N–H and O–H groups in total. The van der Waals surface area contributed by atoms with Crippen molar-refractivity contribution in [2.75, 3.05) is 39.3 Å². The highest BCUT2D eigenvalue weighted by Crippen LogP contribution is 2.34. The molecule has 2 aliphatic heterocycles. The predicted octanol–water partition coefficient (Wildman–Crippen LogP) is 5.23. The van der Waals surface area contributed by atoms with Gasteiger partial charge in [-0.05, 0) is 24.3 Å². The molecule has 7 nitrogen and oxygen atoms in total. The molecule has 0 aliphatic carbocycles. The third kappa shape index (κ3) is 5.38. The number of likely N-dealkylation sites (tertiary alicyclic amines) is 1. The van der Waals surface area contributed by atoms with E-state index in [4.69, 9.17) is 0 Å². The molecule has 2 aromatic heterocycles. The van der Waals surface area contributed by atoms with Gasteiger partial charge in [0.1, 0.15) is 5.01 Å². The van der Waals surface area contributed by atoms with Crippen LogP contribution in [0.4, 0.5) is 13.2 Å². The maximum absolute atomic E-state index is 13.1. The molecular weight excluding hydrogens is 559 g/mol. The first-order valence-electron chi connectivity index (χ1n) is 12.7. The topological polar surface area (TPSA) is 69.6 Å². The van der Waals surface area contributed by atoms with Crippen LogP contribution in [0.25, 0.3) is 21.8 Å². The van der Waals surface area contributed by atoms with Gasteiger partial charge in [0.15, 0.2) is 5.01 Å². The molecule has 0 unspecified atom stereocenters. The smallest absolute Gasteiger partial charge is 0.335 e. The number of nitrogens with zero attached hydrogens (tertiary/aromatic N) is 5. The maximum Gasteiger partial charge on any atom is 0.416 e. The summed E-state index contributed by atoms with van der Waals surface area (Å²) in [5, 5.41) is 4.73. The van der Waals surface area contributed by atoms with Crippen LogP contribution in [0.3, 0.4) is 0 Å². The molecule has 2 aromatic carbocycles. The van der Waals surface area contributed by atoms with E-state index in [2.05, 4.69) is 14.9 Å². The largest absolute Gasteiger partial charge is 0.416 e. The van der Waals surface area contributed by atoms with Gasteiger partial charge in [-0.15, -0.1) is 22.7 Å². The Bertz CT molecular complexity index is 1510. The summed E-state index contributed by atoms with van der Waals surface area (Å²) in [6, 6.07) is 12.6. The number of benzene rings is 2. The Morgan fingerprint density at radius 3 is 2.30 bits per heavy atom. The highest BCUT2D eigenvalue weighted by atomic mass is 32.1. The van der Waals surface area contributed by atoms with Crippen molar-refractivity contribution in [3.63, 3.8) is 0 Å². The van der Waals surface area contributed by atoms with E-state index >= 15 is 0 Å². The number of thiazole rings is 2. The standard InChI is InChI=1S/C28H24F3N5O2S2/c29-28(30,31)21-3-1-2-20(14-21)23-17-40-24(33-23)18-4-6-19(7-5-18)26(37)36-15-22(16-36)34-9-11-35(12-10-34)27(38)25-32-8-13-39-25/h1-8,13-14,17,22H,9-12,15-16H2. The van der Waals surface area contributed by atoms with Crippen LogP contribution >= 0.6 is 22.7 Å². The molecular formula is C28H24F3N5O2S2. The van der Waals surface area contributed by atoms with E-state index in [1.807, 2.05) is 21.9 Å². The third-order valence-electron chi connectivity index (χ3n) is 7.25. The Balaban J connectivity index is 1.03. The van der Waals surface area contributed by atoms with Crippen molar-refractivity contribution >= 4 is 34.5 Å². The molecule has 0 saturated carbocycles. The summed E-state index contributed by atoms with van der Waals surface area (Å²) in [4.78, 5) is 40.2.